The Hall–Kier alpha value is -1.42. The van der Waals surface area contributed by atoms with E-state index in [0.717, 1.165) is 21.4 Å². The van der Waals surface area contributed by atoms with Gasteiger partial charge in [0.15, 0.2) is 0 Å². The molecule has 0 aliphatic carbocycles. The van der Waals surface area contributed by atoms with Crippen molar-refractivity contribution in [2.45, 2.75) is 19.9 Å². The van der Waals surface area contributed by atoms with Gasteiger partial charge < -0.3 is 5.32 Å². The Morgan fingerprint density at radius 1 is 1.33 bits per heavy atom. The van der Waals surface area contributed by atoms with Crippen LogP contribution in [0.1, 0.15) is 24.1 Å². The Balaban J connectivity index is 2.18. The highest BCUT2D eigenvalue weighted by molar-refractivity contribution is 9.10. The summed E-state index contributed by atoms with van der Waals surface area (Å²) < 4.78 is 14.1. The summed E-state index contributed by atoms with van der Waals surface area (Å²) in [5, 5.41) is 3.26. The Bertz CT molecular complexity index is 557. The highest BCUT2D eigenvalue weighted by Gasteiger charge is 2.09. The van der Waals surface area contributed by atoms with Crippen molar-refractivity contribution in [1.82, 2.24) is 4.98 Å². The summed E-state index contributed by atoms with van der Waals surface area (Å²) in [5.41, 5.74) is 1.98. The van der Waals surface area contributed by atoms with Crippen LogP contribution in [0.3, 0.4) is 0 Å². The SMILES string of the molecule is Cc1cnc(NC(C)c2cccc(F)c2)c(Br)c1. The minimum Gasteiger partial charge on any atom is -0.363 e. The Kier molecular flexibility index (Phi) is 3.97. The van der Waals surface area contributed by atoms with Crippen LogP contribution >= 0.6 is 15.9 Å². The van der Waals surface area contributed by atoms with E-state index in [1.807, 2.05) is 26.0 Å². The fourth-order valence-electron chi connectivity index (χ4n) is 1.70. The summed E-state index contributed by atoms with van der Waals surface area (Å²) in [7, 11) is 0. The normalized spacial score (nSPS) is 12.2. The van der Waals surface area contributed by atoms with E-state index in [-0.39, 0.29) is 11.9 Å². The maximum atomic E-state index is 13.1. The molecule has 1 unspecified atom stereocenters. The van der Waals surface area contributed by atoms with Gasteiger partial charge in [-0.05, 0) is 59.1 Å². The van der Waals surface area contributed by atoms with Crippen LogP contribution in [0.4, 0.5) is 10.2 Å². The van der Waals surface area contributed by atoms with Gasteiger partial charge in [0.25, 0.3) is 0 Å². The lowest BCUT2D eigenvalue weighted by Crippen LogP contribution is -2.08. The number of aromatic nitrogens is 1. The molecule has 2 rings (SSSR count). The summed E-state index contributed by atoms with van der Waals surface area (Å²) in [6.45, 7) is 3.96. The van der Waals surface area contributed by atoms with Gasteiger partial charge in [-0.15, -0.1) is 0 Å². The molecule has 0 fully saturated rings. The molecule has 1 aromatic carbocycles. The van der Waals surface area contributed by atoms with E-state index in [1.54, 1.807) is 12.3 Å². The summed E-state index contributed by atoms with van der Waals surface area (Å²) >= 11 is 3.46. The van der Waals surface area contributed by atoms with Crippen molar-refractivity contribution < 1.29 is 4.39 Å². The van der Waals surface area contributed by atoms with E-state index in [2.05, 4.69) is 26.2 Å². The number of halogens is 2. The molecule has 0 saturated heterocycles. The first-order chi connectivity index (χ1) is 8.56. The van der Waals surface area contributed by atoms with E-state index in [4.69, 9.17) is 0 Å². The van der Waals surface area contributed by atoms with Gasteiger partial charge in [0, 0.05) is 6.20 Å². The molecule has 0 aliphatic heterocycles. The second-order valence-electron chi connectivity index (χ2n) is 4.26. The number of nitrogens with one attached hydrogen (secondary N) is 1. The van der Waals surface area contributed by atoms with Crippen molar-refractivity contribution in [2.75, 3.05) is 5.32 Å². The standard InChI is InChI=1S/C14H14BrFN2/c1-9-6-13(15)14(17-8-9)18-10(2)11-4-3-5-12(16)7-11/h3-8,10H,1-2H3,(H,17,18). The zero-order chi connectivity index (χ0) is 13.1. The van der Waals surface area contributed by atoms with Gasteiger partial charge in [0.1, 0.15) is 11.6 Å². The number of rotatable bonds is 3. The van der Waals surface area contributed by atoms with Crippen molar-refractivity contribution in [3.05, 3.63) is 57.9 Å². The molecule has 1 atom stereocenters. The Labute approximate surface area is 114 Å². The second kappa shape index (κ2) is 5.48. The van der Waals surface area contributed by atoms with Gasteiger partial charge in [-0.1, -0.05) is 12.1 Å². The third-order valence-electron chi connectivity index (χ3n) is 2.68. The maximum absolute atomic E-state index is 13.1. The summed E-state index contributed by atoms with van der Waals surface area (Å²) in [6, 6.07) is 8.56. The average Bonchev–Trinajstić information content (AvgIpc) is 2.32. The maximum Gasteiger partial charge on any atom is 0.140 e. The van der Waals surface area contributed by atoms with E-state index in [1.165, 1.54) is 12.1 Å². The first kappa shape index (κ1) is 13.0. The van der Waals surface area contributed by atoms with Gasteiger partial charge in [0.2, 0.25) is 0 Å². The topological polar surface area (TPSA) is 24.9 Å². The lowest BCUT2D eigenvalue weighted by atomic mass is 10.1. The zero-order valence-electron chi connectivity index (χ0n) is 10.2. The molecule has 0 saturated carbocycles. The number of nitrogens with zero attached hydrogens (tertiary/aromatic N) is 1. The molecule has 94 valence electrons. The molecule has 0 spiro atoms. The predicted octanol–water partition coefficient (Wildman–Crippen LogP) is 4.46. The molecular weight excluding hydrogens is 295 g/mol. The van der Waals surface area contributed by atoms with E-state index < -0.39 is 0 Å². The van der Waals surface area contributed by atoms with Crippen LogP contribution in [0, 0.1) is 12.7 Å². The number of benzene rings is 1. The monoisotopic (exact) mass is 308 g/mol. The first-order valence-corrected chi connectivity index (χ1v) is 6.49. The van der Waals surface area contributed by atoms with Crippen molar-refractivity contribution in [3.8, 4) is 0 Å². The minimum atomic E-state index is -0.225. The molecule has 0 radical (unpaired) electrons. The van der Waals surface area contributed by atoms with Crippen LogP contribution in [0.25, 0.3) is 0 Å². The largest absolute Gasteiger partial charge is 0.363 e. The van der Waals surface area contributed by atoms with Crippen LogP contribution in [0.5, 0.6) is 0 Å². The van der Waals surface area contributed by atoms with E-state index in [0.29, 0.717) is 0 Å². The molecular formula is C14H14BrFN2. The molecule has 18 heavy (non-hydrogen) atoms. The smallest absolute Gasteiger partial charge is 0.140 e. The molecule has 1 heterocycles. The van der Waals surface area contributed by atoms with Gasteiger partial charge in [-0.25, -0.2) is 9.37 Å². The zero-order valence-corrected chi connectivity index (χ0v) is 11.8. The number of pyridine rings is 1. The van der Waals surface area contributed by atoms with Crippen LogP contribution < -0.4 is 5.32 Å². The molecule has 0 aliphatic rings. The summed E-state index contributed by atoms with van der Waals surface area (Å²) in [4.78, 5) is 4.31. The molecule has 0 bridgehead atoms. The average molecular weight is 309 g/mol. The first-order valence-electron chi connectivity index (χ1n) is 5.70. The Morgan fingerprint density at radius 2 is 2.11 bits per heavy atom. The predicted molar refractivity (Wildman–Crippen MR) is 75.1 cm³/mol. The fourth-order valence-corrected chi connectivity index (χ4v) is 2.28. The third kappa shape index (κ3) is 3.07. The number of hydrogen-bond acceptors (Lipinski definition) is 2. The van der Waals surface area contributed by atoms with Gasteiger partial charge in [0.05, 0.1) is 10.5 Å². The van der Waals surface area contributed by atoms with Crippen molar-refractivity contribution in [2.24, 2.45) is 0 Å². The molecule has 0 amide bonds. The highest BCUT2D eigenvalue weighted by Crippen LogP contribution is 2.25. The summed E-state index contributed by atoms with van der Waals surface area (Å²) in [6.07, 6.45) is 1.80. The third-order valence-corrected chi connectivity index (χ3v) is 3.28. The second-order valence-corrected chi connectivity index (χ2v) is 5.12. The molecule has 1 aromatic heterocycles. The van der Waals surface area contributed by atoms with E-state index in [9.17, 15) is 4.39 Å². The molecule has 4 heteroatoms. The highest BCUT2D eigenvalue weighted by atomic mass is 79.9. The van der Waals surface area contributed by atoms with Gasteiger partial charge >= 0.3 is 0 Å². The Morgan fingerprint density at radius 3 is 2.78 bits per heavy atom. The van der Waals surface area contributed by atoms with Gasteiger partial charge in [-0.2, -0.15) is 0 Å². The number of anilines is 1. The van der Waals surface area contributed by atoms with Crippen molar-refractivity contribution >= 4 is 21.7 Å². The summed E-state index contributed by atoms with van der Waals surface area (Å²) in [5.74, 6) is 0.537. The van der Waals surface area contributed by atoms with Crippen LogP contribution in [-0.4, -0.2) is 4.98 Å². The molecule has 2 nitrogen and oxygen atoms in total. The lowest BCUT2D eigenvalue weighted by molar-refractivity contribution is 0.623. The van der Waals surface area contributed by atoms with Crippen LogP contribution in [0.15, 0.2) is 41.0 Å². The molecule has 1 N–H and O–H groups in total. The number of hydrogen-bond donors (Lipinski definition) is 1. The van der Waals surface area contributed by atoms with Crippen molar-refractivity contribution in [1.29, 1.82) is 0 Å². The molecule has 2 aromatic rings. The van der Waals surface area contributed by atoms with Gasteiger partial charge in [-0.3, -0.25) is 0 Å². The van der Waals surface area contributed by atoms with Crippen LogP contribution in [-0.2, 0) is 0 Å². The lowest BCUT2D eigenvalue weighted by Gasteiger charge is -2.16. The number of aryl methyl sites for hydroxylation is 1. The van der Waals surface area contributed by atoms with Crippen LogP contribution in [0.2, 0.25) is 0 Å². The fraction of sp³-hybridized carbons (Fsp3) is 0.214. The quantitative estimate of drug-likeness (QED) is 0.905. The minimum absolute atomic E-state index is 0.00722. The van der Waals surface area contributed by atoms with Crippen molar-refractivity contribution in [3.63, 3.8) is 0 Å². The van der Waals surface area contributed by atoms with E-state index >= 15 is 0 Å².